The highest BCUT2D eigenvalue weighted by Crippen LogP contribution is 2.14. The van der Waals surface area contributed by atoms with Crippen LogP contribution in [0.4, 0.5) is 0 Å². The van der Waals surface area contributed by atoms with Crippen molar-refractivity contribution in [2.75, 3.05) is 20.6 Å². The van der Waals surface area contributed by atoms with Crippen LogP contribution in [0.3, 0.4) is 0 Å². The van der Waals surface area contributed by atoms with Gasteiger partial charge in [-0.05, 0) is 39.2 Å². The van der Waals surface area contributed by atoms with Gasteiger partial charge < -0.3 is 4.90 Å². The lowest BCUT2D eigenvalue weighted by Crippen LogP contribution is -2.40. The Balaban J connectivity index is 2.10. The predicted molar refractivity (Wildman–Crippen MR) is 95.4 cm³/mol. The van der Waals surface area contributed by atoms with Crippen molar-refractivity contribution < 1.29 is 0 Å². The zero-order valence-corrected chi connectivity index (χ0v) is 14.5. The molecule has 25 heavy (non-hydrogen) atoms. The van der Waals surface area contributed by atoms with E-state index < -0.39 is 0 Å². The Hall–Kier alpha value is -2.87. The molecule has 0 aliphatic rings. The van der Waals surface area contributed by atoms with Gasteiger partial charge >= 0.3 is 5.69 Å². The average Bonchev–Trinajstić information content (AvgIpc) is 2.62. The molecule has 0 atom stereocenters. The van der Waals surface area contributed by atoms with Crippen molar-refractivity contribution in [2.24, 2.45) is 7.05 Å². The van der Waals surface area contributed by atoms with Gasteiger partial charge in [0.2, 0.25) is 0 Å². The number of hydrogen-bond acceptors (Lipinski definition) is 6. The molecule has 0 spiro atoms. The van der Waals surface area contributed by atoms with Gasteiger partial charge in [0.1, 0.15) is 5.39 Å². The summed E-state index contributed by atoms with van der Waals surface area (Å²) in [5.74, 6) is 0.453. The summed E-state index contributed by atoms with van der Waals surface area (Å²) >= 11 is 0. The van der Waals surface area contributed by atoms with Gasteiger partial charge in [-0.1, -0.05) is 0 Å². The maximum absolute atomic E-state index is 12.7. The van der Waals surface area contributed by atoms with E-state index in [1.165, 1.54) is 15.3 Å². The van der Waals surface area contributed by atoms with E-state index in [2.05, 4.69) is 15.0 Å². The number of pyridine rings is 1. The fourth-order valence-electron chi connectivity index (χ4n) is 2.67. The fourth-order valence-corrected chi connectivity index (χ4v) is 2.67. The summed E-state index contributed by atoms with van der Waals surface area (Å²) < 4.78 is 2.65. The third-order valence-corrected chi connectivity index (χ3v) is 4.01. The van der Waals surface area contributed by atoms with Crippen LogP contribution in [0, 0.1) is 0 Å². The SMILES string of the molecule is CN(C)CCCn1c(=O)c2cnc(-c3ccncc3)nc2n(C)c1=O. The maximum Gasteiger partial charge on any atom is 0.332 e. The average molecular weight is 340 g/mol. The molecule has 0 bridgehead atoms. The topological polar surface area (TPSA) is 85.9 Å². The van der Waals surface area contributed by atoms with Gasteiger partial charge in [-0.15, -0.1) is 0 Å². The van der Waals surface area contributed by atoms with Gasteiger partial charge in [0, 0.05) is 37.7 Å². The van der Waals surface area contributed by atoms with Crippen LogP contribution < -0.4 is 11.2 Å². The van der Waals surface area contributed by atoms with Crippen LogP contribution in [0.2, 0.25) is 0 Å². The zero-order chi connectivity index (χ0) is 18.0. The summed E-state index contributed by atoms with van der Waals surface area (Å²) in [7, 11) is 5.53. The van der Waals surface area contributed by atoms with E-state index in [1.807, 2.05) is 19.0 Å². The molecule has 0 unspecified atom stereocenters. The fraction of sp³-hybridized carbons (Fsp3) is 0.353. The van der Waals surface area contributed by atoms with E-state index in [-0.39, 0.29) is 11.2 Å². The maximum atomic E-state index is 12.7. The minimum atomic E-state index is -0.365. The number of aromatic nitrogens is 5. The molecule has 130 valence electrons. The van der Waals surface area contributed by atoms with Gasteiger partial charge in [0.05, 0.1) is 0 Å². The summed E-state index contributed by atoms with van der Waals surface area (Å²) in [6, 6.07) is 3.56. The van der Waals surface area contributed by atoms with Crippen LogP contribution in [-0.2, 0) is 13.6 Å². The first-order chi connectivity index (χ1) is 12.0. The van der Waals surface area contributed by atoms with Gasteiger partial charge in [0.25, 0.3) is 5.56 Å². The smallest absolute Gasteiger partial charge is 0.309 e. The first-order valence-electron chi connectivity index (χ1n) is 8.00. The van der Waals surface area contributed by atoms with Crippen LogP contribution in [0.25, 0.3) is 22.4 Å². The first kappa shape index (κ1) is 17.0. The number of fused-ring (bicyclic) bond motifs is 1. The van der Waals surface area contributed by atoms with Crippen molar-refractivity contribution in [3.05, 3.63) is 51.6 Å². The molecule has 3 aromatic heterocycles. The largest absolute Gasteiger partial charge is 0.332 e. The molecule has 8 nitrogen and oxygen atoms in total. The molecular formula is C17H20N6O2. The molecule has 0 amide bonds. The second-order valence-electron chi connectivity index (χ2n) is 6.12. The highest BCUT2D eigenvalue weighted by atomic mass is 16.2. The molecule has 3 aromatic rings. The van der Waals surface area contributed by atoms with E-state index in [4.69, 9.17) is 0 Å². The Bertz CT molecular complexity index is 1010. The highest BCUT2D eigenvalue weighted by molar-refractivity contribution is 5.75. The molecule has 8 heteroatoms. The summed E-state index contributed by atoms with van der Waals surface area (Å²) in [6.07, 6.45) is 5.49. The van der Waals surface area contributed by atoms with Crippen LogP contribution in [0.5, 0.6) is 0 Å². The molecule has 0 saturated heterocycles. The lowest BCUT2D eigenvalue weighted by molar-refractivity contribution is 0.381. The molecule has 0 radical (unpaired) electrons. The van der Waals surface area contributed by atoms with Crippen LogP contribution in [0.1, 0.15) is 6.42 Å². The number of rotatable bonds is 5. The molecule has 0 saturated carbocycles. The number of hydrogen-bond donors (Lipinski definition) is 0. The Morgan fingerprint density at radius 1 is 1.16 bits per heavy atom. The molecule has 3 heterocycles. The minimum Gasteiger partial charge on any atom is -0.309 e. The summed E-state index contributed by atoms with van der Waals surface area (Å²) in [5, 5.41) is 0.338. The monoisotopic (exact) mass is 340 g/mol. The molecule has 0 aliphatic heterocycles. The second-order valence-corrected chi connectivity index (χ2v) is 6.12. The third kappa shape index (κ3) is 3.34. The summed E-state index contributed by atoms with van der Waals surface area (Å²) in [5.41, 5.74) is 0.397. The lowest BCUT2D eigenvalue weighted by atomic mass is 10.2. The Labute approximate surface area is 144 Å². The normalized spacial score (nSPS) is 11.4. The van der Waals surface area contributed by atoms with Crippen LogP contribution in [0.15, 0.2) is 40.3 Å². The van der Waals surface area contributed by atoms with E-state index in [9.17, 15) is 9.59 Å². The third-order valence-electron chi connectivity index (χ3n) is 4.01. The molecule has 0 N–H and O–H groups in total. The summed E-state index contributed by atoms with van der Waals surface area (Å²) in [4.78, 5) is 39.9. The Morgan fingerprint density at radius 2 is 1.88 bits per heavy atom. The summed E-state index contributed by atoms with van der Waals surface area (Å²) in [6.45, 7) is 1.16. The number of nitrogens with zero attached hydrogens (tertiary/aromatic N) is 6. The van der Waals surface area contributed by atoms with Gasteiger partial charge in [-0.3, -0.25) is 18.9 Å². The molecule has 0 fully saturated rings. The minimum absolute atomic E-state index is 0.334. The quantitative estimate of drug-likeness (QED) is 0.672. The van der Waals surface area contributed by atoms with Crippen molar-refractivity contribution >= 4 is 11.0 Å². The molecular weight excluding hydrogens is 320 g/mol. The lowest BCUT2D eigenvalue weighted by Gasteiger charge is -2.12. The highest BCUT2D eigenvalue weighted by Gasteiger charge is 2.14. The predicted octanol–water partition coefficient (Wildman–Crippen LogP) is 0.504. The molecule has 0 aromatic carbocycles. The van der Waals surface area contributed by atoms with Gasteiger partial charge in [0.15, 0.2) is 11.5 Å². The standard InChI is InChI=1S/C17H20N6O2/c1-21(2)9-4-10-23-16(24)13-11-19-14(12-5-7-18-8-6-12)20-15(13)22(3)17(23)25/h5-8,11H,4,9-10H2,1-3H3. The molecule has 3 rings (SSSR count). The van der Waals surface area contributed by atoms with E-state index in [1.54, 1.807) is 31.6 Å². The van der Waals surface area contributed by atoms with Crippen molar-refractivity contribution in [2.45, 2.75) is 13.0 Å². The number of aryl methyl sites for hydroxylation is 1. The van der Waals surface area contributed by atoms with E-state index in [0.29, 0.717) is 29.8 Å². The second kappa shape index (κ2) is 6.94. The van der Waals surface area contributed by atoms with Crippen molar-refractivity contribution in [3.8, 4) is 11.4 Å². The van der Waals surface area contributed by atoms with E-state index >= 15 is 0 Å². The first-order valence-corrected chi connectivity index (χ1v) is 8.00. The van der Waals surface area contributed by atoms with Crippen LogP contribution >= 0.6 is 0 Å². The Kier molecular flexibility index (Phi) is 4.71. The van der Waals surface area contributed by atoms with Crippen molar-refractivity contribution in [3.63, 3.8) is 0 Å². The van der Waals surface area contributed by atoms with Gasteiger partial charge in [-0.25, -0.2) is 14.8 Å². The van der Waals surface area contributed by atoms with Crippen molar-refractivity contribution in [1.29, 1.82) is 0 Å². The molecule has 0 aliphatic carbocycles. The van der Waals surface area contributed by atoms with Gasteiger partial charge in [-0.2, -0.15) is 0 Å². The zero-order valence-electron chi connectivity index (χ0n) is 14.5. The van der Waals surface area contributed by atoms with Crippen LogP contribution in [-0.4, -0.2) is 49.6 Å². The Morgan fingerprint density at radius 3 is 2.56 bits per heavy atom. The van der Waals surface area contributed by atoms with E-state index in [0.717, 1.165) is 12.1 Å². The van der Waals surface area contributed by atoms with Crippen molar-refractivity contribution in [1.82, 2.24) is 29.0 Å².